The maximum absolute atomic E-state index is 10.8. The Morgan fingerprint density at radius 1 is 1.50 bits per heavy atom. The Bertz CT molecular complexity index is 473. The van der Waals surface area contributed by atoms with Gasteiger partial charge in [0, 0.05) is 23.6 Å². The highest BCUT2D eigenvalue weighted by molar-refractivity contribution is 6.30. The molecule has 18 heavy (non-hydrogen) atoms. The predicted octanol–water partition coefficient (Wildman–Crippen LogP) is 3.05. The highest BCUT2D eigenvalue weighted by Gasteiger charge is 2.15. The van der Waals surface area contributed by atoms with E-state index in [0.29, 0.717) is 30.0 Å². The molecule has 0 amide bonds. The van der Waals surface area contributed by atoms with E-state index in [-0.39, 0.29) is 11.7 Å². The van der Waals surface area contributed by atoms with Crippen LogP contribution >= 0.6 is 11.6 Å². The molecule has 1 aromatic carbocycles. The van der Waals surface area contributed by atoms with Crippen molar-refractivity contribution in [3.05, 3.63) is 38.4 Å². The Kier molecular flexibility index (Phi) is 5.09. The molecular formula is C12H14ClNO4. The number of carbonyl (C=O) groups excluding carboxylic acids is 1. The van der Waals surface area contributed by atoms with Gasteiger partial charge in [0.05, 0.1) is 11.5 Å². The quantitative estimate of drug-likeness (QED) is 0.357. The fourth-order valence-electron chi connectivity index (χ4n) is 1.65. The molecule has 0 fully saturated rings. The first-order chi connectivity index (χ1) is 8.41. The molecule has 98 valence electrons. The van der Waals surface area contributed by atoms with Crippen LogP contribution in [-0.2, 0) is 16.0 Å². The van der Waals surface area contributed by atoms with E-state index in [4.69, 9.17) is 16.3 Å². The van der Waals surface area contributed by atoms with Gasteiger partial charge in [-0.05, 0) is 31.4 Å². The number of ether oxygens (including phenoxy) is 1. The molecule has 5 nitrogen and oxygen atoms in total. The number of nitrogens with zero attached hydrogens (tertiary/aromatic N) is 1. The lowest BCUT2D eigenvalue weighted by atomic mass is 10.0. The number of esters is 1. The van der Waals surface area contributed by atoms with Crippen molar-refractivity contribution in [1.29, 1.82) is 0 Å². The summed E-state index contributed by atoms with van der Waals surface area (Å²) in [6, 6.07) is 3.05. The highest BCUT2D eigenvalue weighted by atomic mass is 35.5. The minimum Gasteiger partial charge on any atom is -0.466 e. The van der Waals surface area contributed by atoms with Crippen LogP contribution in [0, 0.1) is 17.0 Å². The van der Waals surface area contributed by atoms with Gasteiger partial charge in [0.15, 0.2) is 0 Å². The van der Waals surface area contributed by atoms with Crippen molar-refractivity contribution >= 4 is 23.3 Å². The van der Waals surface area contributed by atoms with Gasteiger partial charge in [0.1, 0.15) is 0 Å². The van der Waals surface area contributed by atoms with Crippen LogP contribution in [0.5, 0.6) is 0 Å². The maximum atomic E-state index is 10.8. The van der Waals surface area contributed by atoms with Gasteiger partial charge in [-0.25, -0.2) is 0 Å². The van der Waals surface area contributed by atoms with Crippen molar-refractivity contribution in [3.63, 3.8) is 0 Å². The van der Waals surface area contributed by atoms with Gasteiger partial charge >= 0.3 is 5.97 Å². The minimum absolute atomic E-state index is 0.0185. The number of hydrogen-bond donors (Lipinski definition) is 0. The van der Waals surface area contributed by atoms with Crippen LogP contribution in [-0.4, -0.2) is 17.5 Å². The van der Waals surface area contributed by atoms with Gasteiger partial charge in [-0.3, -0.25) is 14.9 Å². The van der Waals surface area contributed by atoms with Gasteiger partial charge in [-0.2, -0.15) is 0 Å². The predicted molar refractivity (Wildman–Crippen MR) is 67.8 cm³/mol. The summed E-state index contributed by atoms with van der Waals surface area (Å²) < 4.78 is 4.81. The standard InChI is InChI=1S/C12H14ClNO4/c1-8-10(4-3-5-18-9(2)15)6-11(13)7-12(8)14(16)17/h6-7H,3-5H2,1-2H3. The molecule has 6 heteroatoms. The molecule has 0 radical (unpaired) electrons. The van der Waals surface area contributed by atoms with E-state index in [1.165, 1.54) is 13.0 Å². The zero-order chi connectivity index (χ0) is 13.7. The number of aryl methyl sites for hydroxylation is 1. The van der Waals surface area contributed by atoms with Gasteiger partial charge in [0.25, 0.3) is 5.69 Å². The lowest BCUT2D eigenvalue weighted by Crippen LogP contribution is -2.03. The van der Waals surface area contributed by atoms with Crippen LogP contribution in [0.3, 0.4) is 0 Å². The largest absolute Gasteiger partial charge is 0.466 e. The number of carbonyl (C=O) groups is 1. The van der Waals surface area contributed by atoms with E-state index in [9.17, 15) is 14.9 Å². The summed E-state index contributed by atoms with van der Waals surface area (Å²) in [6.45, 7) is 3.33. The molecule has 0 aliphatic carbocycles. The van der Waals surface area contributed by atoms with Crippen molar-refractivity contribution in [3.8, 4) is 0 Å². The smallest absolute Gasteiger partial charge is 0.302 e. The van der Waals surface area contributed by atoms with E-state index in [2.05, 4.69) is 0 Å². The third-order valence-corrected chi connectivity index (χ3v) is 2.76. The molecule has 0 atom stereocenters. The van der Waals surface area contributed by atoms with E-state index < -0.39 is 4.92 Å². The summed E-state index contributed by atoms with van der Waals surface area (Å²) >= 11 is 5.84. The average molecular weight is 272 g/mol. The first-order valence-electron chi connectivity index (χ1n) is 5.48. The van der Waals surface area contributed by atoms with Crippen LogP contribution < -0.4 is 0 Å². The van der Waals surface area contributed by atoms with Crippen LogP contribution in [0.4, 0.5) is 5.69 Å². The average Bonchev–Trinajstić information content (AvgIpc) is 2.27. The third-order valence-electron chi connectivity index (χ3n) is 2.55. The molecule has 0 spiro atoms. The number of nitro groups is 1. The molecule has 0 bridgehead atoms. The summed E-state index contributed by atoms with van der Waals surface area (Å²) in [5, 5.41) is 11.2. The van der Waals surface area contributed by atoms with E-state index in [1.54, 1.807) is 13.0 Å². The lowest BCUT2D eigenvalue weighted by Gasteiger charge is -2.07. The Balaban J connectivity index is 2.76. The van der Waals surface area contributed by atoms with Crippen molar-refractivity contribution in [2.75, 3.05) is 6.61 Å². The first-order valence-corrected chi connectivity index (χ1v) is 5.86. The fraction of sp³-hybridized carbons (Fsp3) is 0.417. The minimum atomic E-state index is -0.448. The number of nitro benzene ring substituents is 1. The lowest BCUT2D eigenvalue weighted by molar-refractivity contribution is -0.385. The monoisotopic (exact) mass is 271 g/mol. The highest BCUT2D eigenvalue weighted by Crippen LogP contribution is 2.27. The molecule has 0 heterocycles. The van der Waals surface area contributed by atoms with Crippen LogP contribution in [0.25, 0.3) is 0 Å². The Morgan fingerprint density at radius 3 is 2.72 bits per heavy atom. The number of rotatable bonds is 5. The van der Waals surface area contributed by atoms with Crippen molar-refractivity contribution in [2.45, 2.75) is 26.7 Å². The third kappa shape index (κ3) is 4.00. The summed E-state index contributed by atoms with van der Waals surface area (Å²) in [6.07, 6.45) is 1.19. The van der Waals surface area contributed by atoms with Crippen LogP contribution in [0.15, 0.2) is 12.1 Å². The SMILES string of the molecule is CC(=O)OCCCc1cc(Cl)cc([N+](=O)[O-])c1C. The van der Waals surface area contributed by atoms with Gasteiger partial charge in [0.2, 0.25) is 0 Å². The molecular weight excluding hydrogens is 258 g/mol. The Morgan fingerprint density at radius 2 is 2.17 bits per heavy atom. The second-order valence-electron chi connectivity index (χ2n) is 3.91. The topological polar surface area (TPSA) is 69.4 Å². The zero-order valence-corrected chi connectivity index (χ0v) is 11.0. The molecule has 1 rings (SSSR count). The maximum Gasteiger partial charge on any atom is 0.302 e. The van der Waals surface area contributed by atoms with Crippen LogP contribution in [0.1, 0.15) is 24.5 Å². The molecule has 0 saturated heterocycles. The summed E-state index contributed by atoms with van der Waals surface area (Å²) in [7, 11) is 0. The number of benzene rings is 1. The Hall–Kier alpha value is -1.62. The van der Waals surface area contributed by atoms with Gasteiger partial charge < -0.3 is 4.74 Å². The molecule has 0 aliphatic rings. The normalized spacial score (nSPS) is 10.2. The van der Waals surface area contributed by atoms with Crippen LogP contribution in [0.2, 0.25) is 5.02 Å². The molecule has 0 aromatic heterocycles. The molecule has 0 N–H and O–H groups in total. The van der Waals surface area contributed by atoms with E-state index in [0.717, 1.165) is 5.56 Å². The summed E-state index contributed by atoms with van der Waals surface area (Å²) in [4.78, 5) is 21.0. The second kappa shape index (κ2) is 6.35. The van der Waals surface area contributed by atoms with Crippen molar-refractivity contribution in [2.24, 2.45) is 0 Å². The zero-order valence-electron chi connectivity index (χ0n) is 10.2. The molecule has 0 unspecified atom stereocenters. The second-order valence-corrected chi connectivity index (χ2v) is 4.35. The van der Waals surface area contributed by atoms with Gasteiger partial charge in [-0.15, -0.1) is 0 Å². The number of hydrogen-bond acceptors (Lipinski definition) is 4. The van der Waals surface area contributed by atoms with E-state index >= 15 is 0 Å². The molecule has 0 aliphatic heterocycles. The van der Waals surface area contributed by atoms with E-state index in [1.807, 2.05) is 0 Å². The van der Waals surface area contributed by atoms with Crippen molar-refractivity contribution in [1.82, 2.24) is 0 Å². The molecule has 0 saturated carbocycles. The summed E-state index contributed by atoms with van der Waals surface area (Å²) in [5.74, 6) is -0.330. The van der Waals surface area contributed by atoms with Crippen molar-refractivity contribution < 1.29 is 14.5 Å². The number of halogens is 1. The van der Waals surface area contributed by atoms with Gasteiger partial charge in [-0.1, -0.05) is 11.6 Å². The molecule has 1 aromatic rings. The summed E-state index contributed by atoms with van der Waals surface area (Å²) in [5.41, 5.74) is 1.43. The first kappa shape index (κ1) is 14.4. The fourth-order valence-corrected chi connectivity index (χ4v) is 1.88. The Labute approximate surface area is 110 Å².